The summed E-state index contributed by atoms with van der Waals surface area (Å²) in [7, 11) is -3.70. The zero-order chi connectivity index (χ0) is 18.0. The van der Waals surface area contributed by atoms with Gasteiger partial charge in [-0.15, -0.1) is 0 Å². The van der Waals surface area contributed by atoms with Gasteiger partial charge in [0.25, 0.3) is 15.9 Å². The fourth-order valence-corrected chi connectivity index (χ4v) is 4.36. The average molecular weight is 361 g/mol. The second-order valence-corrected chi connectivity index (χ2v) is 8.28. The second kappa shape index (κ2) is 7.01. The first kappa shape index (κ1) is 17.7. The molecule has 0 aliphatic carbocycles. The highest BCUT2D eigenvalue weighted by Gasteiger charge is 2.27. The van der Waals surface area contributed by atoms with Gasteiger partial charge in [0.1, 0.15) is 0 Å². The van der Waals surface area contributed by atoms with Crippen molar-refractivity contribution in [3.8, 4) is 0 Å². The molecule has 1 fully saturated rings. The van der Waals surface area contributed by atoms with Crippen LogP contribution in [-0.4, -0.2) is 42.3 Å². The number of carbonyl (C=O) groups excluding carboxylic acids is 1. The summed E-state index contributed by atoms with van der Waals surface area (Å²) in [6.45, 7) is 2.99. The fourth-order valence-electron chi connectivity index (χ4n) is 3.16. The number of rotatable bonds is 4. The number of aromatic nitrogens is 1. The van der Waals surface area contributed by atoms with Crippen molar-refractivity contribution in [1.82, 2.24) is 8.87 Å². The summed E-state index contributed by atoms with van der Waals surface area (Å²) < 4.78 is 26.5. The predicted octanol–water partition coefficient (Wildman–Crippen LogP) is 1.99. The summed E-state index contributed by atoms with van der Waals surface area (Å²) in [4.78, 5) is 14.7. The Morgan fingerprint density at radius 2 is 1.92 bits per heavy atom. The van der Waals surface area contributed by atoms with E-state index < -0.39 is 10.0 Å². The highest BCUT2D eigenvalue weighted by molar-refractivity contribution is 7.90. The second-order valence-electron chi connectivity index (χ2n) is 6.43. The van der Waals surface area contributed by atoms with E-state index in [1.54, 1.807) is 35.2 Å². The summed E-state index contributed by atoms with van der Waals surface area (Å²) in [5.41, 5.74) is 7.13. The van der Waals surface area contributed by atoms with Crippen LogP contribution in [0.1, 0.15) is 35.2 Å². The van der Waals surface area contributed by atoms with Crippen LogP contribution < -0.4 is 5.73 Å². The number of nitrogens with zero attached hydrogens (tertiary/aromatic N) is 2. The highest BCUT2D eigenvalue weighted by atomic mass is 32.2. The van der Waals surface area contributed by atoms with Crippen LogP contribution in [0.25, 0.3) is 0 Å². The summed E-state index contributed by atoms with van der Waals surface area (Å²) in [5.74, 6) is -0.159. The van der Waals surface area contributed by atoms with Crippen LogP contribution in [0.3, 0.4) is 0 Å². The van der Waals surface area contributed by atoms with E-state index in [0.29, 0.717) is 18.7 Å². The Morgan fingerprint density at radius 1 is 1.20 bits per heavy atom. The van der Waals surface area contributed by atoms with Crippen LogP contribution in [0, 0.1) is 6.92 Å². The highest BCUT2D eigenvalue weighted by Crippen LogP contribution is 2.21. The molecule has 3 rings (SSSR count). The van der Waals surface area contributed by atoms with Crippen molar-refractivity contribution in [1.29, 1.82) is 0 Å². The number of carbonyl (C=O) groups is 1. The molecule has 0 radical (unpaired) electrons. The van der Waals surface area contributed by atoms with Crippen molar-refractivity contribution in [3.63, 3.8) is 0 Å². The Kier molecular flexibility index (Phi) is 4.96. The Morgan fingerprint density at radius 3 is 2.60 bits per heavy atom. The van der Waals surface area contributed by atoms with Gasteiger partial charge >= 0.3 is 0 Å². The quantitative estimate of drug-likeness (QED) is 0.902. The van der Waals surface area contributed by atoms with Crippen LogP contribution in [0.5, 0.6) is 0 Å². The van der Waals surface area contributed by atoms with Crippen LogP contribution in [-0.2, 0) is 10.0 Å². The molecule has 25 heavy (non-hydrogen) atoms. The lowest BCUT2D eigenvalue weighted by Crippen LogP contribution is -2.47. The SMILES string of the molecule is Cc1ccc(S(=O)(=O)n2ccc(C(=O)N3CCCCC3CN)c2)cc1. The molecule has 1 aliphatic rings. The maximum absolute atomic E-state index is 12.8. The first-order valence-electron chi connectivity index (χ1n) is 8.45. The standard InChI is InChI=1S/C18H23N3O3S/c1-14-5-7-17(8-6-14)25(23,24)20-11-9-15(13-20)18(22)21-10-3-2-4-16(21)12-19/h5-9,11,13,16H,2-4,10,12,19H2,1H3. The van der Waals surface area contributed by atoms with Crippen LogP contribution in [0.15, 0.2) is 47.6 Å². The maximum Gasteiger partial charge on any atom is 0.267 e. The minimum absolute atomic E-state index is 0.0262. The molecule has 7 heteroatoms. The average Bonchev–Trinajstić information content (AvgIpc) is 3.12. The van der Waals surface area contributed by atoms with E-state index in [1.165, 1.54) is 12.4 Å². The van der Waals surface area contributed by atoms with Gasteiger partial charge in [-0.25, -0.2) is 12.4 Å². The van der Waals surface area contributed by atoms with E-state index >= 15 is 0 Å². The smallest absolute Gasteiger partial charge is 0.267 e. The van der Waals surface area contributed by atoms with Crippen LogP contribution in [0.4, 0.5) is 0 Å². The number of benzene rings is 1. The van der Waals surface area contributed by atoms with Crippen molar-refractivity contribution in [2.24, 2.45) is 5.73 Å². The van der Waals surface area contributed by atoms with Crippen molar-refractivity contribution in [2.75, 3.05) is 13.1 Å². The molecule has 1 aliphatic heterocycles. The maximum atomic E-state index is 12.8. The van der Waals surface area contributed by atoms with Crippen molar-refractivity contribution >= 4 is 15.9 Å². The molecule has 1 aromatic carbocycles. The third-order valence-electron chi connectivity index (χ3n) is 4.67. The fraction of sp³-hybridized carbons (Fsp3) is 0.389. The van der Waals surface area contributed by atoms with E-state index in [-0.39, 0.29) is 16.8 Å². The largest absolute Gasteiger partial charge is 0.334 e. The van der Waals surface area contributed by atoms with Gasteiger partial charge < -0.3 is 10.6 Å². The Bertz CT molecular complexity index is 856. The third-order valence-corrected chi connectivity index (χ3v) is 6.32. The molecule has 0 bridgehead atoms. The molecule has 0 spiro atoms. The lowest BCUT2D eigenvalue weighted by Gasteiger charge is -2.34. The molecule has 134 valence electrons. The lowest BCUT2D eigenvalue weighted by molar-refractivity contribution is 0.0623. The van der Waals surface area contributed by atoms with E-state index in [1.807, 2.05) is 6.92 Å². The van der Waals surface area contributed by atoms with Gasteiger partial charge in [0, 0.05) is 31.5 Å². The molecule has 0 saturated carbocycles. The molecule has 1 amide bonds. The Balaban J connectivity index is 1.86. The Hall–Kier alpha value is -2.12. The summed E-state index contributed by atoms with van der Waals surface area (Å²) >= 11 is 0. The number of likely N-dealkylation sites (tertiary alicyclic amines) is 1. The first-order valence-corrected chi connectivity index (χ1v) is 9.89. The molecule has 1 atom stereocenters. The molecule has 1 unspecified atom stereocenters. The summed E-state index contributed by atoms with van der Waals surface area (Å²) in [6, 6.07) is 8.22. The molecule has 1 saturated heterocycles. The number of amides is 1. The molecule has 2 aromatic rings. The van der Waals surface area contributed by atoms with E-state index in [0.717, 1.165) is 28.8 Å². The Labute approximate surface area is 148 Å². The number of hydrogen-bond acceptors (Lipinski definition) is 4. The van der Waals surface area contributed by atoms with Crippen molar-refractivity contribution < 1.29 is 13.2 Å². The van der Waals surface area contributed by atoms with Gasteiger partial charge in [-0.1, -0.05) is 17.7 Å². The zero-order valence-corrected chi connectivity index (χ0v) is 15.1. The van der Waals surface area contributed by atoms with E-state index in [4.69, 9.17) is 5.73 Å². The predicted molar refractivity (Wildman–Crippen MR) is 95.9 cm³/mol. The van der Waals surface area contributed by atoms with Crippen molar-refractivity contribution in [2.45, 2.75) is 37.1 Å². The van der Waals surface area contributed by atoms with E-state index in [9.17, 15) is 13.2 Å². The van der Waals surface area contributed by atoms with Gasteiger partial charge in [0.05, 0.1) is 10.5 Å². The normalized spacial score (nSPS) is 18.3. The van der Waals surface area contributed by atoms with Crippen LogP contribution >= 0.6 is 0 Å². The number of piperidine rings is 1. The zero-order valence-electron chi connectivity index (χ0n) is 14.3. The first-order chi connectivity index (χ1) is 11.9. The lowest BCUT2D eigenvalue weighted by atomic mass is 10.0. The monoisotopic (exact) mass is 361 g/mol. The molecule has 2 heterocycles. The summed E-state index contributed by atoms with van der Waals surface area (Å²) in [5, 5.41) is 0. The number of aryl methyl sites for hydroxylation is 1. The minimum Gasteiger partial charge on any atom is -0.334 e. The summed E-state index contributed by atoms with van der Waals surface area (Å²) in [6.07, 6.45) is 5.72. The van der Waals surface area contributed by atoms with Gasteiger partial charge in [-0.3, -0.25) is 4.79 Å². The molecular weight excluding hydrogens is 338 g/mol. The van der Waals surface area contributed by atoms with Gasteiger partial charge in [-0.2, -0.15) is 0 Å². The third kappa shape index (κ3) is 3.48. The van der Waals surface area contributed by atoms with E-state index in [2.05, 4.69) is 0 Å². The number of hydrogen-bond donors (Lipinski definition) is 1. The van der Waals surface area contributed by atoms with Gasteiger partial charge in [0.2, 0.25) is 0 Å². The molecular formula is C18H23N3O3S. The molecule has 6 nitrogen and oxygen atoms in total. The molecule has 1 aromatic heterocycles. The number of nitrogens with two attached hydrogens (primary N) is 1. The topological polar surface area (TPSA) is 85.4 Å². The van der Waals surface area contributed by atoms with Gasteiger partial charge in [-0.05, 0) is 44.4 Å². The minimum atomic E-state index is -3.70. The van der Waals surface area contributed by atoms with Crippen LogP contribution in [0.2, 0.25) is 0 Å². The molecule has 2 N–H and O–H groups in total. The van der Waals surface area contributed by atoms with Crippen molar-refractivity contribution in [3.05, 3.63) is 53.9 Å². The van der Waals surface area contributed by atoms with Gasteiger partial charge in [0.15, 0.2) is 0 Å².